The fraction of sp³-hybridized carbons (Fsp3) is 0.800. The van der Waals surface area contributed by atoms with Crippen molar-refractivity contribution >= 4 is 11.7 Å². The number of Topliss-reactive ketones (excluding diaryl/α,β-unsaturated/α-hetero) is 1. The molecule has 0 atom stereocenters. The summed E-state index contributed by atoms with van der Waals surface area (Å²) in [6.07, 6.45) is 2.74. The molecule has 4 nitrogen and oxygen atoms in total. The number of hydrogen-bond acceptors (Lipinski definition) is 3. The molecular weight excluding hydrogens is 182 g/mol. The first-order valence-electron chi connectivity index (χ1n) is 5.11. The van der Waals surface area contributed by atoms with Crippen molar-refractivity contribution in [2.24, 2.45) is 0 Å². The van der Waals surface area contributed by atoms with Crippen LogP contribution in [-0.2, 0) is 14.3 Å². The highest BCUT2D eigenvalue weighted by molar-refractivity contribution is 5.80. The molecule has 4 heteroatoms. The lowest BCUT2D eigenvalue weighted by Gasteiger charge is -2.21. The van der Waals surface area contributed by atoms with Gasteiger partial charge in [-0.3, -0.25) is 9.59 Å². The number of nitrogens with one attached hydrogen (secondary N) is 1. The maximum absolute atomic E-state index is 11.2. The zero-order valence-corrected chi connectivity index (χ0v) is 8.54. The van der Waals surface area contributed by atoms with Crippen molar-refractivity contribution in [2.75, 3.05) is 13.2 Å². The van der Waals surface area contributed by atoms with Gasteiger partial charge in [-0.1, -0.05) is 0 Å². The van der Waals surface area contributed by atoms with Crippen LogP contribution >= 0.6 is 0 Å². The first-order chi connectivity index (χ1) is 6.72. The second-order valence-corrected chi connectivity index (χ2v) is 3.52. The number of amides is 1. The molecule has 0 unspecified atom stereocenters. The molecule has 1 rings (SSSR count). The Morgan fingerprint density at radius 3 is 2.71 bits per heavy atom. The first kappa shape index (κ1) is 11.2. The van der Waals surface area contributed by atoms with Crippen molar-refractivity contribution in [2.45, 2.75) is 38.6 Å². The quantitative estimate of drug-likeness (QED) is 0.723. The summed E-state index contributed by atoms with van der Waals surface area (Å²) in [6, 6.07) is 0.167. The predicted octanol–water partition coefficient (Wildman–Crippen LogP) is 0.651. The third kappa shape index (κ3) is 3.87. The second-order valence-electron chi connectivity index (χ2n) is 3.52. The minimum atomic E-state index is -0.0776. The van der Waals surface area contributed by atoms with Gasteiger partial charge in [0, 0.05) is 25.5 Å². The normalized spacial score (nSPS) is 18.2. The average molecular weight is 199 g/mol. The van der Waals surface area contributed by atoms with Crippen LogP contribution in [0.3, 0.4) is 0 Å². The highest BCUT2D eigenvalue weighted by Crippen LogP contribution is 2.14. The van der Waals surface area contributed by atoms with Gasteiger partial charge in [0.2, 0.25) is 5.91 Å². The number of hydrogen-bond donors (Lipinski definition) is 1. The lowest BCUT2D eigenvalue weighted by atomic mass is 9.94. The molecule has 1 N–H and O–H groups in total. The Bertz CT molecular complexity index is 205. The molecule has 0 aromatic rings. The van der Waals surface area contributed by atoms with Gasteiger partial charge in [0.05, 0.1) is 0 Å². The molecule has 0 aliphatic heterocycles. The lowest BCUT2D eigenvalue weighted by Crippen LogP contribution is -2.39. The van der Waals surface area contributed by atoms with Crippen molar-refractivity contribution in [3.05, 3.63) is 0 Å². The molecule has 80 valence electrons. The molecule has 0 aromatic carbocycles. The molecule has 0 spiro atoms. The number of rotatable bonds is 4. The molecule has 1 saturated carbocycles. The summed E-state index contributed by atoms with van der Waals surface area (Å²) in [5.41, 5.74) is 0. The van der Waals surface area contributed by atoms with E-state index in [-0.39, 0.29) is 18.6 Å². The van der Waals surface area contributed by atoms with Crippen molar-refractivity contribution in [3.8, 4) is 0 Å². The fourth-order valence-electron chi connectivity index (χ4n) is 1.55. The minimum absolute atomic E-state index is 0.0776. The zero-order chi connectivity index (χ0) is 10.4. The van der Waals surface area contributed by atoms with E-state index in [1.54, 1.807) is 0 Å². The smallest absolute Gasteiger partial charge is 0.246 e. The van der Waals surface area contributed by atoms with Crippen LogP contribution in [0.2, 0.25) is 0 Å². The monoisotopic (exact) mass is 199 g/mol. The van der Waals surface area contributed by atoms with E-state index in [4.69, 9.17) is 4.74 Å². The van der Waals surface area contributed by atoms with E-state index in [0.29, 0.717) is 25.2 Å². The van der Waals surface area contributed by atoms with E-state index in [0.717, 1.165) is 12.8 Å². The summed E-state index contributed by atoms with van der Waals surface area (Å²) in [7, 11) is 0. The molecule has 0 bridgehead atoms. The van der Waals surface area contributed by atoms with Crippen molar-refractivity contribution < 1.29 is 14.3 Å². The lowest BCUT2D eigenvalue weighted by molar-refractivity contribution is -0.128. The van der Waals surface area contributed by atoms with Crippen LogP contribution in [0.1, 0.15) is 32.6 Å². The van der Waals surface area contributed by atoms with Gasteiger partial charge in [0.25, 0.3) is 0 Å². The van der Waals surface area contributed by atoms with Crippen molar-refractivity contribution in [1.82, 2.24) is 5.32 Å². The van der Waals surface area contributed by atoms with E-state index >= 15 is 0 Å². The van der Waals surface area contributed by atoms with Gasteiger partial charge in [-0.2, -0.15) is 0 Å². The van der Waals surface area contributed by atoms with E-state index in [1.165, 1.54) is 0 Å². The summed E-state index contributed by atoms with van der Waals surface area (Å²) in [5.74, 6) is 0.228. The number of carbonyl (C=O) groups excluding carboxylic acids is 2. The SMILES string of the molecule is CCOCC(=O)NC1CCC(=O)CC1. The van der Waals surface area contributed by atoms with Gasteiger partial charge >= 0.3 is 0 Å². The fourth-order valence-corrected chi connectivity index (χ4v) is 1.55. The molecule has 1 fully saturated rings. The molecule has 1 aliphatic rings. The average Bonchev–Trinajstić information content (AvgIpc) is 2.18. The van der Waals surface area contributed by atoms with Crippen LogP contribution in [0.25, 0.3) is 0 Å². The van der Waals surface area contributed by atoms with Crippen LogP contribution in [-0.4, -0.2) is 30.9 Å². The highest BCUT2D eigenvalue weighted by atomic mass is 16.5. The minimum Gasteiger partial charge on any atom is -0.372 e. The van der Waals surface area contributed by atoms with Gasteiger partial charge in [-0.05, 0) is 19.8 Å². The third-order valence-corrected chi connectivity index (χ3v) is 2.35. The van der Waals surface area contributed by atoms with Gasteiger partial charge in [0.15, 0.2) is 0 Å². The third-order valence-electron chi connectivity index (χ3n) is 2.35. The summed E-state index contributed by atoms with van der Waals surface area (Å²) < 4.78 is 4.98. The summed E-state index contributed by atoms with van der Waals surface area (Å²) in [6.45, 7) is 2.53. The molecule has 0 radical (unpaired) electrons. The molecule has 0 saturated heterocycles. The second kappa shape index (κ2) is 5.75. The standard InChI is InChI=1S/C10H17NO3/c1-2-14-7-10(13)11-8-3-5-9(12)6-4-8/h8H,2-7H2,1H3,(H,11,13). The maximum Gasteiger partial charge on any atom is 0.246 e. The highest BCUT2D eigenvalue weighted by Gasteiger charge is 2.19. The van der Waals surface area contributed by atoms with Crippen LogP contribution in [0.15, 0.2) is 0 Å². The number of ketones is 1. The van der Waals surface area contributed by atoms with Gasteiger partial charge in [0.1, 0.15) is 12.4 Å². The molecule has 1 aliphatic carbocycles. The summed E-state index contributed by atoms with van der Waals surface area (Å²) >= 11 is 0. The van der Waals surface area contributed by atoms with Crippen molar-refractivity contribution in [3.63, 3.8) is 0 Å². The summed E-state index contributed by atoms with van der Waals surface area (Å²) in [4.78, 5) is 22.2. The largest absolute Gasteiger partial charge is 0.372 e. The molecule has 0 aromatic heterocycles. The van der Waals surface area contributed by atoms with Gasteiger partial charge < -0.3 is 10.1 Å². The van der Waals surface area contributed by atoms with Crippen LogP contribution in [0, 0.1) is 0 Å². The molecular formula is C10H17NO3. The Morgan fingerprint density at radius 1 is 1.50 bits per heavy atom. The first-order valence-corrected chi connectivity index (χ1v) is 5.11. The Kier molecular flexibility index (Phi) is 4.59. The maximum atomic E-state index is 11.2. The van der Waals surface area contributed by atoms with Crippen LogP contribution in [0.4, 0.5) is 0 Å². The summed E-state index contributed by atoms with van der Waals surface area (Å²) in [5, 5.41) is 2.86. The number of ether oxygens (including phenoxy) is 1. The Labute approximate surface area is 84.0 Å². The molecule has 1 amide bonds. The van der Waals surface area contributed by atoms with Crippen LogP contribution < -0.4 is 5.32 Å². The molecule has 0 heterocycles. The number of carbonyl (C=O) groups is 2. The van der Waals surface area contributed by atoms with Crippen LogP contribution in [0.5, 0.6) is 0 Å². The topological polar surface area (TPSA) is 55.4 Å². The van der Waals surface area contributed by atoms with E-state index < -0.39 is 0 Å². The predicted molar refractivity (Wildman–Crippen MR) is 51.9 cm³/mol. The van der Waals surface area contributed by atoms with Crippen molar-refractivity contribution in [1.29, 1.82) is 0 Å². The van der Waals surface area contributed by atoms with Gasteiger partial charge in [-0.25, -0.2) is 0 Å². The Hall–Kier alpha value is -0.900. The Morgan fingerprint density at radius 2 is 2.14 bits per heavy atom. The van der Waals surface area contributed by atoms with Gasteiger partial charge in [-0.15, -0.1) is 0 Å². The van der Waals surface area contributed by atoms with E-state index in [1.807, 2.05) is 6.92 Å². The van der Waals surface area contributed by atoms with E-state index in [2.05, 4.69) is 5.32 Å². The zero-order valence-electron chi connectivity index (χ0n) is 8.54. The molecule has 14 heavy (non-hydrogen) atoms. The van der Waals surface area contributed by atoms with E-state index in [9.17, 15) is 9.59 Å². The Balaban J connectivity index is 2.17.